The lowest BCUT2D eigenvalue weighted by Gasteiger charge is -2.46. The predicted molar refractivity (Wildman–Crippen MR) is 231 cm³/mol. The second kappa shape index (κ2) is 34.0. The molecule has 60 heavy (non-hydrogen) atoms. The van der Waals surface area contributed by atoms with Crippen LogP contribution in [0.2, 0.25) is 0 Å². The van der Waals surface area contributed by atoms with Gasteiger partial charge in [-0.1, -0.05) is 154 Å². The minimum Gasteiger partial charge on any atom is -0.394 e. The van der Waals surface area contributed by atoms with Crippen LogP contribution in [0.5, 0.6) is 0 Å². The number of aliphatic hydroxyl groups excluding tert-OH is 8. The Morgan fingerprint density at radius 2 is 1.07 bits per heavy atom. The molecule has 9 N–H and O–H groups in total. The first-order valence-corrected chi connectivity index (χ1v) is 23.6. The van der Waals surface area contributed by atoms with Crippen molar-refractivity contribution in [2.24, 2.45) is 0 Å². The molecular formula is C46H85NO13. The fraction of sp³-hybridized carbons (Fsp3) is 0.891. The molecule has 0 aromatic rings. The van der Waals surface area contributed by atoms with Crippen LogP contribution in [0.3, 0.4) is 0 Å². The summed E-state index contributed by atoms with van der Waals surface area (Å²) in [5.74, 6) is -0.251. The van der Waals surface area contributed by atoms with Crippen molar-refractivity contribution in [3.8, 4) is 0 Å². The van der Waals surface area contributed by atoms with Crippen LogP contribution >= 0.6 is 0 Å². The van der Waals surface area contributed by atoms with Gasteiger partial charge in [-0.25, -0.2) is 0 Å². The molecule has 2 saturated heterocycles. The SMILES string of the molecule is CCCCCCCCCC/C=C/CC/C=C/C(O)C(COC1OC(CO)C(OC2OC(CO)C(O)C(O)C2O)C(O)C1O)NC(=O)CCCCCCCCCCCCCC. The van der Waals surface area contributed by atoms with E-state index in [0.29, 0.717) is 12.8 Å². The Morgan fingerprint density at radius 1 is 0.583 bits per heavy atom. The Balaban J connectivity index is 1.91. The van der Waals surface area contributed by atoms with Gasteiger partial charge < -0.3 is 65.1 Å². The van der Waals surface area contributed by atoms with Crippen molar-refractivity contribution in [3.63, 3.8) is 0 Å². The normalized spacial score (nSPS) is 28.4. The molecule has 2 aliphatic heterocycles. The Morgan fingerprint density at radius 3 is 1.63 bits per heavy atom. The lowest BCUT2D eigenvalue weighted by Crippen LogP contribution is -2.65. The van der Waals surface area contributed by atoms with Gasteiger partial charge in [0.15, 0.2) is 12.6 Å². The van der Waals surface area contributed by atoms with Crippen LogP contribution in [0.4, 0.5) is 0 Å². The van der Waals surface area contributed by atoms with Crippen LogP contribution in [0.1, 0.15) is 168 Å². The van der Waals surface area contributed by atoms with E-state index in [-0.39, 0.29) is 18.9 Å². The Bertz CT molecular complexity index is 1110. The first-order valence-electron chi connectivity index (χ1n) is 23.6. The standard InChI is InChI=1S/C46H85NO13/c1-3-5-7-9-11-13-15-17-18-19-21-23-25-27-29-35(50)34(47-38(51)30-28-26-24-22-20-16-14-12-10-8-6-4-2)33-57-45-43(56)41(54)44(37(32-49)59-45)60-46-42(55)40(53)39(52)36(31-48)58-46/h19,21,27,29,34-37,39-46,48-50,52-56H,3-18,20,22-26,28,30-33H2,1-2H3,(H,47,51)/b21-19+,29-27+. The number of unbranched alkanes of at least 4 members (excludes halogenated alkanes) is 20. The molecule has 0 aromatic heterocycles. The van der Waals surface area contributed by atoms with Gasteiger partial charge in [0.25, 0.3) is 0 Å². The second-order valence-corrected chi connectivity index (χ2v) is 16.9. The van der Waals surface area contributed by atoms with E-state index in [1.807, 2.05) is 6.08 Å². The largest absolute Gasteiger partial charge is 0.394 e. The van der Waals surface area contributed by atoms with Crippen molar-refractivity contribution >= 4 is 5.91 Å². The van der Waals surface area contributed by atoms with E-state index in [0.717, 1.165) is 32.1 Å². The maximum atomic E-state index is 13.1. The summed E-state index contributed by atoms with van der Waals surface area (Å²) in [5, 5.41) is 86.4. The maximum absolute atomic E-state index is 13.1. The highest BCUT2D eigenvalue weighted by Gasteiger charge is 2.50. The van der Waals surface area contributed by atoms with E-state index in [1.54, 1.807) is 6.08 Å². The molecule has 14 heteroatoms. The number of hydrogen-bond donors (Lipinski definition) is 9. The molecule has 0 saturated carbocycles. The molecule has 0 spiro atoms. The molecule has 352 valence electrons. The number of nitrogens with one attached hydrogen (secondary N) is 1. The minimum absolute atomic E-state index is 0.251. The average molecular weight is 860 g/mol. The van der Waals surface area contributed by atoms with E-state index < -0.39 is 86.8 Å². The van der Waals surface area contributed by atoms with Crippen molar-refractivity contribution in [1.82, 2.24) is 5.32 Å². The molecule has 0 aromatic carbocycles. The number of carbonyl (C=O) groups excluding carboxylic acids is 1. The van der Waals surface area contributed by atoms with E-state index >= 15 is 0 Å². The average Bonchev–Trinajstić information content (AvgIpc) is 3.24. The zero-order valence-electron chi connectivity index (χ0n) is 36.9. The van der Waals surface area contributed by atoms with Gasteiger partial charge in [-0.05, 0) is 32.1 Å². The number of rotatable bonds is 35. The summed E-state index contributed by atoms with van der Waals surface area (Å²) in [6, 6.07) is -0.924. The van der Waals surface area contributed by atoms with Crippen molar-refractivity contribution in [3.05, 3.63) is 24.3 Å². The summed E-state index contributed by atoms with van der Waals surface area (Å²) < 4.78 is 22.6. The predicted octanol–water partition coefficient (Wildman–Crippen LogP) is 4.99. The third-order valence-corrected chi connectivity index (χ3v) is 11.6. The summed E-state index contributed by atoms with van der Waals surface area (Å²) >= 11 is 0. The third kappa shape index (κ3) is 21.7. The molecule has 12 atom stereocenters. The zero-order valence-corrected chi connectivity index (χ0v) is 36.9. The second-order valence-electron chi connectivity index (χ2n) is 16.9. The zero-order chi connectivity index (χ0) is 44.0. The highest BCUT2D eigenvalue weighted by molar-refractivity contribution is 5.76. The topological polar surface area (TPSA) is 228 Å². The number of allylic oxidation sites excluding steroid dienone is 3. The van der Waals surface area contributed by atoms with Crippen molar-refractivity contribution in [2.45, 2.75) is 242 Å². The molecule has 2 aliphatic rings. The van der Waals surface area contributed by atoms with E-state index in [9.17, 15) is 45.6 Å². The fourth-order valence-corrected chi connectivity index (χ4v) is 7.72. The van der Waals surface area contributed by atoms with Crippen LogP contribution < -0.4 is 5.32 Å². The smallest absolute Gasteiger partial charge is 0.220 e. The van der Waals surface area contributed by atoms with Crippen molar-refractivity contribution in [2.75, 3.05) is 19.8 Å². The molecule has 14 nitrogen and oxygen atoms in total. The molecule has 2 heterocycles. The summed E-state index contributed by atoms with van der Waals surface area (Å²) in [7, 11) is 0. The van der Waals surface area contributed by atoms with Crippen LogP contribution in [0, 0.1) is 0 Å². The summed E-state index contributed by atoms with van der Waals surface area (Å²) in [5.41, 5.74) is 0. The molecule has 1 amide bonds. The molecule has 12 unspecified atom stereocenters. The lowest BCUT2D eigenvalue weighted by atomic mass is 9.97. The van der Waals surface area contributed by atoms with Gasteiger partial charge >= 0.3 is 0 Å². The van der Waals surface area contributed by atoms with Gasteiger partial charge in [0.1, 0.15) is 48.8 Å². The van der Waals surface area contributed by atoms with Gasteiger partial charge in [0.2, 0.25) is 5.91 Å². The Kier molecular flexibility index (Phi) is 30.9. The summed E-state index contributed by atoms with van der Waals surface area (Å²) in [6.07, 6.45) is 18.0. The molecule has 0 bridgehead atoms. The molecule has 0 radical (unpaired) electrons. The number of ether oxygens (including phenoxy) is 4. The van der Waals surface area contributed by atoms with Crippen LogP contribution in [-0.4, -0.2) is 140 Å². The van der Waals surface area contributed by atoms with E-state index in [2.05, 4.69) is 31.3 Å². The highest BCUT2D eigenvalue weighted by Crippen LogP contribution is 2.30. The van der Waals surface area contributed by atoms with E-state index in [4.69, 9.17) is 18.9 Å². The fourth-order valence-electron chi connectivity index (χ4n) is 7.72. The quantitative estimate of drug-likeness (QED) is 0.0303. The molecule has 2 rings (SSSR count). The minimum atomic E-state index is -1.79. The van der Waals surface area contributed by atoms with Crippen LogP contribution in [0.25, 0.3) is 0 Å². The molecule has 2 fully saturated rings. The maximum Gasteiger partial charge on any atom is 0.220 e. The van der Waals surface area contributed by atoms with Crippen LogP contribution in [0.15, 0.2) is 24.3 Å². The number of amides is 1. The highest BCUT2D eigenvalue weighted by atomic mass is 16.7. The summed E-state index contributed by atoms with van der Waals surface area (Å²) in [4.78, 5) is 13.1. The van der Waals surface area contributed by atoms with Crippen LogP contribution in [-0.2, 0) is 23.7 Å². The number of aliphatic hydroxyl groups is 8. The first-order chi connectivity index (χ1) is 29.1. The van der Waals surface area contributed by atoms with E-state index in [1.165, 1.54) is 103 Å². The lowest BCUT2D eigenvalue weighted by molar-refractivity contribution is -0.359. The van der Waals surface area contributed by atoms with Gasteiger partial charge in [-0.15, -0.1) is 0 Å². The number of carbonyl (C=O) groups is 1. The Labute approximate surface area is 360 Å². The summed E-state index contributed by atoms with van der Waals surface area (Å²) in [6.45, 7) is 2.73. The molecule has 0 aliphatic carbocycles. The van der Waals surface area contributed by atoms with Crippen molar-refractivity contribution < 1.29 is 64.6 Å². The van der Waals surface area contributed by atoms with Gasteiger partial charge in [-0.2, -0.15) is 0 Å². The van der Waals surface area contributed by atoms with Crippen molar-refractivity contribution in [1.29, 1.82) is 0 Å². The Hall–Kier alpha value is -1.53. The third-order valence-electron chi connectivity index (χ3n) is 11.6. The number of hydrogen-bond acceptors (Lipinski definition) is 13. The van der Waals surface area contributed by atoms with Gasteiger partial charge in [0.05, 0.1) is 32.0 Å². The van der Waals surface area contributed by atoms with Gasteiger partial charge in [-0.3, -0.25) is 4.79 Å². The monoisotopic (exact) mass is 860 g/mol. The first kappa shape index (κ1) is 54.6. The van der Waals surface area contributed by atoms with Gasteiger partial charge in [0, 0.05) is 6.42 Å². The molecular weight excluding hydrogens is 774 g/mol.